The molecule has 2 rings (SSSR count). The van der Waals surface area contributed by atoms with Crippen molar-refractivity contribution in [2.75, 3.05) is 18.4 Å². The summed E-state index contributed by atoms with van der Waals surface area (Å²) in [5, 5.41) is 15.8. The first kappa shape index (κ1) is 11.9. The smallest absolute Gasteiger partial charge is 0.224 e. The van der Waals surface area contributed by atoms with Gasteiger partial charge < -0.3 is 15.7 Å². The number of benzene rings is 1. The highest BCUT2D eigenvalue weighted by Crippen LogP contribution is 2.28. The SMILES string of the molecule is Cc1cc(C)c(O)c(NC(=O)CC2CNC2)c1. The minimum absolute atomic E-state index is 0.0307. The van der Waals surface area contributed by atoms with Crippen molar-refractivity contribution in [3.8, 4) is 5.75 Å². The van der Waals surface area contributed by atoms with E-state index < -0.39 is 0 Å². The first-order chi connectivity index (χ1) is 8.06. The van der Waals surface area contributed by atoms with Gasteiger partial charge in [-0.1, -0.05) is 6.07 Å². The number of aromatic hydroxyl groups is 1. The van der Waals surface area contributed by atoms with Crippen LogP contribution in [0.5, 0.6) is 5.75 Å². The van der Waals surface area contributed by atoms with Gasteiger partial charge in [0.15, 0.2) is 0 Å². The maximum atomic E-state index is 11.7. The van der Waals surface area contributed by atoms with Crippen molar-refractivity contribution in [3.05, 3.63) is 23.3 Å². The summed E-state index contributed by atoms with van der Waals surface area (Å²) in [6.45, 7) is 5.59. The van der Waals surface area contributed by atoms with Crippen LogP contribution in [-0.4, -0.2) is 24.1 Å². The van der Waals surface area contributed by atoms with Gasteiger partial charge in [0, 0.05) is 6.42 Å². The summed E-state index contributed by atoms with van der Waals surface area (Å²) in [5.41, 5.74) is 2.33. The van der Waals surface area contributed by atoms with E-state index in [1.807, 2.05) is 19.9 Å². The zero-order chi connectivity index (χ0) is 12.4. The molecule has 1 aromatic carbocycles. The topological polar surface area (TPSA) is 61.4 Å². The van der Waals surface area contributed by atoms with Crippen LogP contribution in [0.1, 0.15) is 17.5 Å². The lowest BCUT2D eigenvalue weighted by atomic mass is 9.99. The molecule has 0 spiro atoms. The number of anilines is 1. The summed E-state index contributed by atoms with van der Waals surface area (Å²) in [5.74, 6) is 0.565. The molecule has 3 N–H and O–H groups in total. The lowest BCUT2D eigenvalue weighted by Gasteiger charge is -2.26. The molecule has 1 aliphatic rings. The Morgan fingerprint density at radius 2 is 2.18 bits per heavy atom. The fourth-order valence-corrected chi connectivity index (χ4v) is 2.01. The Morgan fingerprint density at radius 3 is 2.76 bits per heavy atom. The zero-order valence-corrected chi connectivity index (χ0v) is 10.2. The molecule has 4 heteroatoms. The van der Waals surface area contributed by atoms with Crippen LogP contribution in [0.4, 0.5) is 5.69 Å². The number of carbonyl (C=O) groups excluding carboxylic acids is 1. The van der Waals surface area contributed by atoms with Crippen molar-refractivity contribution in [1.82, 2.24) is 5.32 Å². The minimum atomic E-state index is -0.0307. The third-order valence-electron chi connectivity index (χ3n) is 3.06. The molecule has 0 saturated carbocycles. The van der Waals surface area contributed by atoms with E-state index >= 15 is 0 Å². The second-order valence-electron chi connectivity index (χ2n) is 4.75. The summed E-state index contributed by atoms with van der Waals surface area (Å²) in [6, 6.07) is 3.68. The van der Waals surface area contributed by atoms with Crippen molar-refractivity contribution in [2.45, 2.75) is 20.3 Å². The first-order valence-electron chi connectivity index (χ1n) is 5.87. The first-order valence-corrected chi connectivity index (χ1v) is 5.87. The monoisotopic (exact) mass is 234 g/mol. The molecule has 0 bridgehead atoms. The van der Waals surface area contributed by atoms with E-state index in [0.717, 1.165) is 24.2 Å². The van der Waals surface area contributed by atoms with Gasteiger partial charge in [-0.3, -0.25) is 4.79 Å². The fourth-order valence-electron chi connectivity index (χ4n) is 2.01. The summed E-state index contributed by atoms with van der Waals surface area (Å²) in [7, 11) is 0. The Kier molecular flexibility index (Phi) is 3.33. The maximum Gasteiger partial charge on any atom is 0.224 e. The largest absolute Gasteiger partial charge is 0.505 e. The number of aryl methyl sites for hydroxylation is 2. The van der Waals surface area contributed by atoms with Crippen LogP contribution < -0.4 is 10.6 Å². The Bertz CT molecular complexity index is 439. The van der Waals surface area contributed by atoms with E-state index in [9.17, 15) is 9.90 Å². The summed E-state index contributed by atoms with van der Waals surface area (Å²) in [6.07, 6.45) is 0.513. The number of nitrogens with one attached hydrogen (secondary N) is 2. The number of phenols is 1. The van der Waals surface area contributed by atoms with Crippen LogP contribution in [-0.2, 0) is 4.79 Å². The van der Waals surface area contributed by atoms with E-state index in [1.54, 1.807) is 6.07 Å². The van der Waals surface area contributed by atoms with Crippen molar-refractivity contribution >= 4 is 11.6 Å². The number of hydrogen-bond acceptors (Lipinski definition) is 3. The molecule has 1 fully saturated rings. The molecule has 0 unspecified atom stereocenters. The van der Waals surface area contributed by atoms with Gasteiger partial charge in [0.05, 0.1) is 5.69 Å². The second-order valence-corrected chi connectivity index (χ2v) is 4.75. The van der Waals surface area contributed by atoms with Crippen molar-refractivity contribution < 1.29 is 9.90 Å². The Hall–Kier alpha value is -1.55. The zero-order valence-electron chi connectivity index (χ0n) is 10.2. The molecule has 0 aliphatic carbocycles. The number of phenolic OH excluding ortho intramolecular Hbond substituents is 1. The van der Waals surface area contributed by atoms with E-state index in [1.165, 1.54) is 0 Å². The van der Waals surface area contributed by atoms with Gasteiger partial charge in [-0.25, -0.2) is 0 Å². The molecule has 1 saturated heterocycles. The molecule has 1 aliphatic heterocycles. The van der Waals surface area contributed by atoms with Crippen LogP contribution in [0.15, 0.2) is 12.1 Å². The molecule has 92 valence electrons. The van der Waals surface area contributed by atoms with Crippen molar-refractivity contribution in [1.29, 1.82) is 0 Å². The average Bonchev–Trinajstić information content (AvgIpc) is 2.19. The highest BCUT2D eigenvalue weighted by Gasteiger charge is 2.20. The Balaban J connectivity index is 2.04. The minimum Gasteiger partial charge on any atom is -0.505 e. The van der Waals surface area contributed by atoms with E-state index in [4.69, 9.17) is 0 Å². The average molecular weight is 234 g/mol. The van der Waals surface area contributed by atoms with Crippen LogP contribution in [0.2, 0.25) is 0 Å². The van der Waals surface area contributed by atoms with Gasteiger partial charge >= 0.3 is 0 Å². The molecular formula is C13H18N2O2. The molecular weight excluding hydrogens is 216 g/mol. The highest BCUT2D eigenvalue weighted by atomic mass is 16.3. The fraction of sp³-hybridized carbons (Fsp3) is 0.462. The molecule has 1 amide bonds. The van der Waals surface area contributed by atoms with Crippen LogP contribution in [0, 0.1) is 19.8 Å². The van der Waals surface area contributed by atoms with Gasteiger partial charge in [0.2, 0.25) is 5.91 Å². The van der Waals surface area contributed by atoms with Crippen molar-refractivity contribution in [3.63, 3.8) is 0 Å². The Morgan fingerprint density at radius 1 is 1.47 bits per heavy atom. The number of amides is 1. The van der Waals surface area contributed by atoms with Crippen LogP contribution in [0.25, 0.3) is 0 Å². The molecule has 0 aromatic heterocycles. The van der Waals surface area contributed by atoms with Gasteiger partial charge in [-0.05, 0) is 50.0 Å². The summed E-state index contributed by atoms with van der Waals surface area (Å²) < 4.78 is 0. The van der Waals surface area contributed by atoms with Gasteiger partial charge in [-0.15, -0.1) is 0 Å². The molecule has 17 heavy (non-hydrogen) atoms. The second kappa shape index (κ2) is 4.75. The lowest BCUT2D eigenvalue weighted by Crippen LogP contribution is -2.43. The van der Waals surface area contributed by atoms with E-state index in [0.29, 0.717) is 18.0 Å². The van der Waals surface area contributed by atoms with E-state index in [2.05, 4.69) is 10.6 Å². The molecule has 0 radical (unpaired) electrons. The molecule has 0 atom stereocenters. The number of carbonyl (C=O) groups is 1. The van der Waals surface area contributed by atoms with Crippen LogP contribution in [0.3, 0.4) is 0 Å². The predicted octanol–water partition coefficient (Wildman–Crippen LogP) is 1.56. The molecule has 1 aromatic rings. The summed E-state index contributed by atoms with van der Waals surface area (Å²) in [4.78, 5) is 11.7. The normalized spacial score (nSPS) is 15.4. The van der Waals surface area contributed by atoms with Crippen LogP contribution >= 0.6 is 0 Å². The standard InChI is InChI=1S/C13H18N2O2/c1-8-3-9(2)13(17)11(4-8)15-12(16)5-10-6-14-7-10/h3-4,10,14,17H,5-7H2,1-2H3,(H,15,16). The lowest BCUT2D eigenvalue weighted by molar-refractivity contribution is -0.117. The number of hydrogen-bond donors (Lipinski definition) is 3. The highest BCUT2D eigenvalue weighted by molar-refractivity contribution is 5.92. The van der Waals surface area contributed by atoms with Crippen molar-refractivity contribution in [2.24, 2.45) is 5.92 Å². The number of rotatable bonds is 3. The third kappa shape index (κ3) is 2.77. The Labute approximate surface area is 101 Å². The quantitative estimate of drug-likeness (QED) is 0.695. The van der Waals surface area contributed by atoms with Gasteiger partial charge in [0.1, 0.15) is 5.75 Å². The van der Waals surface area contributed by atoms with Gasteiger partial charge in [-0.2, -0.15) is 0 Å². The van der Waals surface area contributed by atoms with E-state index in [-0.39, 0.29) is 11.7 Å². The molecule has 1 heterocycles. The third-order valence-corrected chi connectivity index (χ3v) is 3.06. The summed E-state index contributed by atoms with van der Waals surface area (Å²) >= 11 is 0. The maximum absolute atomic E-state index is 11.7. The predicted molar refractivity (Wildman–Crippen MR) is 67.2 cm³/mol. The van der Waals surface area contributed by atoms with Gasteiger partial charge in [0.25, 0.3) is 0 Å². The molecule has 4 nitrogen and oxygen atoms in total.